The third-order valence-corrected chi connectivity index (χ3v) is 5.87. The monoisotopic (exact) mass is 302 g/mol. The minimum Gasteiger partial charge on any atom is -0.339 e. The van der Waals surface area contributed by atoms with Crippen LogP contribution < -0.4 is 5.14 Å². The van der Waals surface area contributed by atoms with Gasteiger partial charge in [0.15, 0.2) is 0 Å². The lowest BCUT2D eigenvalue weighted by Gasteiger charge is -2.21. The molecule has 1 aliphatic heterocycles. The predicted octanol–water partition coefficient (Wildman–Crippen LogP) is 1.19. The summed E-state index contributed by atoms with van der Waals surface area (Å²) in [4.78, 5) is 14.8. The summed E-state index contributed by atoms with van der Waals surface area (Å²) in [7, 11) is -3.66. The molecule has 106 valence electrons. The number of sulfonamides is 1. The number of hydrogen-bond donors (Lipinski definition) is 1. The Kier molecular flexibility index (Phi) is 3.98. The molecule has 1 fully saturated rings. The molecule has 5 nitrogen and oxygen atoms in total. The molecule has 19 heavy (non-hydrogen) atoms. The molecule has 0 aliphatic carbocycles. The van der Waals surface area contributed by atoms with Crippen LogP contribution in [-0.4, -0.2) is 31.8 Å². The third kappa shape index (κ3) is 3.34. The van der Waals surface area contributed by atoms with Crippen LogP contribution in [0.2, 0.25) is 0 Å². The molecule has 1 saturated heterocycles. The number of carbonyl (C=O) groups is 1. The molecule has 1 aromatic rings. The Morgan fingerprint density at radius 1 is 1.47 bits per heavy atom. The van der Waals surface area contributed by atoms with Crippen molar-refractivity contribution >= 4 is 27.3 Å². The van der Waals surface area contributed by atoms with Crippen LogP contribution in [0.25, 0.3) is 0 Å². The van der Waals surface area contributed by atoms with Crippen molar-refractivity contribution in [2.24, 2.45) is 11.1 Å². The molecule has 0 saturated carbocycles. The van der Waals surface area contributed by atoms with Gasteiger partial charge in [0.05, 0.1) is 6.42 Å². The van der Waals surface area contributed by atoms with E-state index in [9.17, 15) is 13.2 Å². The van der Waals surface area contributed by atoms with Crippen molar-refractivity contribution in [3.8, 4) is 0 Å². The van der Waals surface area contributed by atoms with Crippen molar-refractivity contribution in [1.29, 1.82) is 0 Å². The zero-order valence-corrected chi connectivity index (χ0v) is 12.6. The summed E-state index contributed by atoms with van der Waals surface area (Å²) < 4.78 is 22.5. The molecule has 1 amide bonds. The average molecular weight is 302 g/mol. The van der Waals surface area contributed by atoms with E-state index in [0.717, 1.165) is 29.2 Å². The van der Waals surface area contributed by atoms with E-state index in [1.807, 2.05) is 11.8 Å². The summed E-state index contributed by atoms with van der Waals surface area (Å²) >= 11 is 1.07. The second-order valence-corrected chi connectivity index (χ2v) is 8.14. The number of hydrogen-bond acceptors (Lipinski definition) is 4. The Morgan fingerprint density at radius 2 is 2.16 bits per heavy atom. The highest BCUT2D eigenvalue weighted by molar-refractivity contribution is 7.91. The van der Waals surface area contributed by atoms with Crippen molar-refractivity contribution in [1.82, 2.24) is 4.90 Å². The molecule has 2 atom stereocenters. The Morgan fingerprint density at radius 3 is 2.63 bits per heavy atom. The number of nitrogens with two attached hydrogens (primary N) is 1. The first-order chi connectivity index (χ1) is 8.77. The van der Waals surface area contributed by atoms with Crippen LogP contribution in [0.4, 0.5) is 0 Å². The predicted molar refractivity (Wildman–Crippen MR) is 74.4 cm³/mol. The van der Waals surface area contributed by atoms with Gasteiger partial charge < -0.3 is 4.90 Å². The number of thiophene rings is 1. The Bertz CT molecular complexity index is 580. The van der Waals surface area contributed by atoms with Gasteiger partial charge >= 0.3 is 0 Å². The van der Waals surface area contributed by atoms with E-state index in [4.69, 9.17) is 5.14 Å². The topological polar surface area (TPSA) is 80.5 Å². The fourth-order valence-corrected chi connectivity index (χ4v) is 4.27. The number of likely N-dealkylation sites (tertiary alicyclic amines) is 1. The highest BCUT2D eigenvalue weighted by Gasteiger charge is 2.30. The van der Waals surface area contributed by atoms with Crippen LogP contribution in [-0.2, 0) is 21.2 Å². The van der Waals surface area contributed by atoms with Crippen molar-refractivity contribution in [2.45, 2.75) is 36.9 Å². The highest BCUT2D eigenvalue weighted by Crippen LogP contribution is 2.25. The molecule has 2 rings (SSSR count). The normalized spacial score (nSPS) is 23.8. The lowest BCUT2D eigenvalue weighted by molar-refractivity contribution is -0.131. The molecule has 7 heteroatoms. The van der Waals surface area contributed by atoms with E-state index in [2.05, 4.69) is 6.92 Å². The standard InChI is InChI=1S/C12H18N2O3S2/c1-8-5-9(2)14(7-8)11(15)6-10-3-4-12(18-10)19(13,16)17/h3-4,8-9H,5-7H2,1-2H3,(H2,13,16,17). The fraction of sp³-hybridized carbons (Fsp3) is 0.583. The van der Waals surface area contributed by atoms with Crippen LogP contribution in [0.15, 0.2) is 16.3 Å². The molecule has 2 N–H and O–H groups in total. The van der Waals surface area contributed by atoms with Gasteiger partial charge in [-0.3, -0.25) is 4.79 Å². The van der Waals surface area contributed by atoms with Gasteiger partial charge in [-0.15, -0.1) is 11.3 Å². The number of carbonyl (C=O) groups excluding carboxylic acids is 1. The summed E-state index contributed by atoms with van der Waals surface area (Å²) in [5.41, 5.74) is 0. The van der Waals surface area contributed by atoms with Gasteiger partial charge in [-0.25, -0.2) is 13.6 Å². The van der Waals surface area contributed by atoms with E-state index >= 15 is 0 Å². The zero-order valence-electron chi connectivity index (χ0n) is 11.0. The van der Waals surface area contributed by atoms with E-state index in [-0.39, 0.29) is 22.6 Å². The van der Waals surface area contributed by atoms with Gasteiger partial charge in [0.1, 0.15) is 4.21 Å². The SMILES string of the molecule is CC1CC(C)N(C(=O)Cc2ccc(S(N)(=O)=O)s2)C1. The first kappa shape index (κ1) is 14.5. The molecular formula is C12H18N2O3S2. The third-order valence-electron chi connectivity index (χ3n) is 3.35. The maximum atomic E-state index is 12.2. The van der Waals surface area contributed by atoms with E-state index in [0.29, 0.717) is 5.92 Å². The number of primary sulfonamides is 1. The van der Waals surface area contributed by atoms with E-state index < -0.39 is 10.0 Å². The Balaban J connectivity index is 2.05. The van der Waals surface area contributed by atoms with Gasteiger partial charge in [0.25, 0.3) is 0 Å². The molecule has 1 aromatic heterocycles. The second-order valence-electron chi connectivity index (χ2n) is 5.18. The molecule has 0 aromatic carbocycles. The zero-order chi connectivity index (χ0) is 14.2. The molecule has 0 bridgehead atoms. The second kappa shape index (κ2) is 5.22. The van der Waals surface area contributed by atoms with Gasteiger partial charge in [-0.05, 0) is 31.4 Å². The number of rotatable bonds is 3. The molecule has 0 spiro atoms. The molecular weight excluding hydrogens is 284 g/mol. The quantitative estimate of drug-likeness (QED) is 0.911. The molecule has 2 unspecified atom stereocenters. The summed E-state index contributed by atoms with van der Waals surface area (Å²) in [6.45, 7) is 4.97. The van der Waals surface area contributed by atoms with Gasteiger partial charge in [0, 0.05) is 17.5 Å². The summed E-state index contributed by atoms with van der Waals surface area (Å²) in [5, 5.41) is 5.05. The Labute approximate surface area is 117 Å². The lowest BCUT2D eigenvalue weighted by Crippen LogP contribution is -2.34. The van der Waals surface area contributed by atoms with Crippen LogP contribution in [0, 0.1) is 5.92 Å². The van der Waals surface area contributed by atoms with E-state index in [1.54, 1.807) is 6.07 Å². The first-order valence-electron chi connectivity index (χ1n) is 6.18. The molecule has 2 heterocycles. The van der Waals surface area contributed by atoms with Gasteiger partial charge in [0.2, 0.25) is 15.9 Å². The fourth-order valence-electron chi connectivity index (χ4n) is 2.50. The first-order valence-corrected chi connectivity index (χ1v) is 8.54. The average Bonchev–Trinajstić information content (AvgIpc) is 2.84. The maximum absolute atomic E-state index is 12.2. The van der Waals surface area contributed by atoms with Crippen molar-refractivity contribution in [3.05, 3.63) is 17.0 Å². The molecule has 1 aliphatic rings. The minimum atomic E-state index is -3.66. The molecule has 0 radical (unpaired) electrons. The van der Waals surface area contributed by atoms with Crippen molar-refractivity contribution in [2.75, 3.05) is 6.54 Å². The lowest BCUT2D eigenvalue weighted by atomic mass is 10.1. The van der Waals surface area contributed by atoms with Crippen LogP contribution in [0.1, 0.15) is 25.1 Å². The van der Waals surface area contributed by atoms with Gasteiger partial charge in [-0.2, -0.15) is 0 Å². The van der Waals surface area contributed by atoms with Crippen LogP contribution in [0.3, 0.4) is 0 Å². The van der Waals surface area contributed by atoms with Crippen molar-refractivity contribution in [3.63, 3.8) is 0 Å². The summed E-state index contributed by atoms with van der Waals surface area (Å²) in [5.74, 6) is 0.585. The van der Waals surface area contributed by atoms with Crippen LogP contribution in [0.5, 0.6) is 0 Å². The number of amides is 1. The smallest absolute Gasteiger partial charge is 0.247 e. The van der Waals surface area contributed by atoms with Crippen molar-refractivity contribution < 1.29 is 13.2 Å². The van der Waals surface area contributed by atoms with Crippen LogP contribution >= 0.6 is 11.3 Å². The summed E-state index contributed by atoms with van der Waals surface area (Å²) in [6, 6.07) is 3.38. The largest absolute Gasteiger partial charge is 0.339 e. The highest BCUT2D eigenvalue weighted by atomic mass is 32.2. The van der Waals surface area contributed by atoms with E-state index in [1.165, 1.54) is 6.07 Å². The van der Waals surface area contributed by atoms with Gasteiger partial charge in [-0.1, -0.05) is 6.92 Å². The summed E-state index contributed by atoms with van der Waals surface area (Å²) in [6.07, 6.45) is 1.27. The maximum Gasteiger partial charge on any atom is 0.247 e. The number of nitrogens with zero attached hydrogens (tertiary/aromatic N) is 1. The Hall–Kier alpha value is -0.920. The minimum absolute atomic E-state index is 0.0552.